The second-order valence-corrected chi connectivity index (χ2v) is 9.35. The molecular weight excluding hydrogens is 352 g/mol. The Balaban J connectivity index is 2.31. The molecule has 0 spiro atoms. The average molecular weight is 407 g/mol. The van der Waals surface area contributed by atoms with Crippen LogP contribution in [0.1, 0.15) is 143 Å². The minimum Gasteiger partial charge on any atom is -0.356 e. The molecule has 1 unspecified atom stereocenters. The molecule has 1 aliphatic heterocycles. The van der Waals surface area contributed by atoms with Crippen molar-refractivity contribution >= 4 is 0 Å². The average Bonchev–Trinajstić information content (AvgIpc) is 3.11. The van der Waals surface area contributed by atoms with Crippen LogP contribution in [0, 0.1) is 0 Å². The minimum absolute atomic E-state index is 0.646. The van der Waals surface area contributed by atoms with Gasteiger partial charge in [0.1, 0.15) is 6.17 Å². The molecule has 1 atom stereocenters. The van der Waals surface area contributed by atoms with E-state index in [9.17, 15) is 0 Å². The molecule has 29 heavy (non-hydrogen) atoms. The summed E-state index contributed by atoms with van der Waals surface area (Å²) in [6.45, 7) is 9.44. The van der Waals surface area contributed by atoms with Crippen molar-refractivity contribution < 1.29 is 0 Å². The fourth-order valence-electron chi connectivity index (χ4n) is 4.60. The SMILES string of the molecule is CCCCCCCCCC1N(CCCCCCC)C=CN1CCCCCCCC. The van der Waals surface area contributed by atoms with Crippen LogP contribution in [0.3, 0.4) is 0 Å². The van der Waals surface area contributed by atoms with E-state index in [1.807, 2.05) is 0 Å². The van der Waals surface area contributed by atoms with Crippen molar-refractivity contribution in [2.45, 2.75) is 149 Å². The van der Waals surface area contributed by atoms with E-state index in [1.54, 1.807) is 0 Å². The Bertz CT molecular complexity index is 366. The lowest BCUT2D eigenvalue weighted by molar-refractivity contribution is 0.135. The molecule has 0 aromatic carbocycles. The van der Waals surface area contributed by atoms with Gasteiger partial charge in [-0.05, 0) is 25.7 Å². The minimum atomic E-state index is 0.646. The first-order valence-electron chi connectivity index (χ1n) is 13.5. The Labute approximate surface area is 184 Å². The summed E-state index contributed by atoms with van der Waals surface area (Å²) >= 11 is 0. The summed E-state index contributed by atoms with van der Waals surface area (Å²) in [4.78, 5) is 5.34. The van der Waals surface area contributed by atoms with Gasteiger partial charge in [0.05, 0.1) is 0 Å². The molecule has 0 N–H and O–H groups in total. The second-order valence-electron chi connectivity index (χ2n) is 9.35. The first-order valence-corrected chi connectivity index (χ1v) is 13.5. The summed E-state index contributed by atoms with van der Waals surface area (Å²) in [6, 6.07) is 0. The van der Waals surface area contributed by atoms with E-state index in [4.69, 9.17) is 0 Å². The molecule has 172 valence electrons. The van der Waals surface area contributed by atoms with Gasteiger partial charge in [0, 0.05) is 25.5 Å². The van der Waals surface area contributed by atoms with Crippen LogP contribution in [0.15, 0.2) is 12.4 Å². The summed E-state index contributed by atoms with van der Waals surface area (Å²) in [5.74, 6) is 0. The Kier molecular flexibility index (Phi) is 17.6. The summed E-state index contributed by atoms with van der Waals surface area (Å²) in [7, 11) is 0. The topological polar surface area (TPSA) is 6.48 Å². The highest BCUT2D eigenvalue weighted by atomic mass is 15.4. The number of rotatable bonds is 21. The number of nitrogens with zero attached hydrogens (tertiary/aromatic N) is 2. The van der Waals surface area contributed by atoms with Crippen molar-refractivity contribution in [1.29, 1.82) is 0 Å². The molecule has 0 aromatic heterocycles. The number of hydrogen-bond donors (Lipinski definition) is 0. The zero-order valence-electron chi connectivity index (χ0n) is 20.5. The lowest BCUT2D eigenvalue weighted by atomic mass is 10.1. The molecule has 0 aromatic rings. The largest absolute Gasteiger partial charge is 0.356 e. The normalized spacial score (nSPS) is 16.3. The molecule has 1 heterocycles. The lowest BCUT2D eigenvalue weighted by Gasteiger charge is -2.33. The zero-order chi connectivity index (χ0) is 21.0. The Hall–Kier alpha value is -0.660. The highest BCUT2D eigenvalue weighted by Crippen LogP contribution is 2.23. The van der Waals surface area contributed by atoms with E-state index in [2.05, 4.69) is 43.0 Å². The van der Waals surface area contributed by atoms with Gasteiger partial charge in [-0.3, -0.25) is 0 Å². The van der Waals surface area contributed by atoms with Gasteiger partial charge in [0.15, 0.2) is 0 Å². The van der Waals surface area contributed by atoms with Gasteiger partial charge in [-0.25, -0.2) is 0 Å². The first kappa shape index (κ1) is 26.4. The molecule has 0 saturated carbocycles. The van der Waals surface area contributed by atoms with Gasteiger partial charge in [-0.1, -0.05) is 117 Å². The molecule has 1 rings (SSSR count). The number of unbranched alkanes of at least 4 members (excludes halogenated alkanes) is 15. The fraction of sp³-hybridized carbons (Fsp3) is 0.926. The van der Waals surface area contributed by atoms with Gasteiger partial charge in [-0.15, -0.1) is 0 Å². The van der Waals surface area contributed by atoms with Gasteiger partial charge in [0.2, 0.25) is 0 Å². The molecule has 0 fully saturated rings. The first-order chi connectivity index (χ1) is 14.3. The van der Waals surface area contributed by atoms with E-state index in [0.29, 0.717) is 6.17 Å². The van der Waals surface area contributed by atoms with E-state index in [-0.39, 0.29) is 0 Å². The van der Waals surface area contributed by atoms with Crippen molar-refractivity contribution in [3.05, 3.63) is 12.4 Å². The molecule has 2 nitrogen and oxygen atoms in total. The van der Waals surface area contributed by atoms with Crippen LogP contribution in [0.5, 0.6) is 0 Å². The molecule has 0 saturated heterocycles. The summed E-state index contributed by atoms with van der Waals surface area (Å²) < 4.78 is 0. The Morgan fingerprint density at radius 3 is 1.21 bits per heavy atom. The summed E-state index contributed by atoms with van der Waals surface area (Å²) in [5, 5.41) is 0. The fourth-order valence-corrected chi connectivity index (χ4v) is 4.60. The third-order valence-electron chi connectivity index (χ3n) is 6.57. The van der Waals surface area contributed by atoms with E-state index in [0.717, 1.165) is 0 Å². The maximum atomic E-state index is 2.67. The molecule has 2 heteroatoms. The number of hydrogen-bond acceptors (Lipinski definition) is 2. The zero-order valence-corrected chi connectivity index (χ0v) is 20.5. The van der Waals surface area contributed by atoms with E-state index >= 15 is 0 Å². The van der Waals surface area contributed by atoms with Crippen molar-refractivity contribution in [3.8, 4) is 0 Å². The van der Waals surface area contributed by atoms with Crippen LogP contribution in [-0.4, -0.2) is 29.1 Å². The smallest absolute Gasteiger partial charge is 0.101 e. The van der Waals surface area contributed by atoms with Crippen molar-refractivity contribution in [3.63, 3.8) is 0 Å². The molecule has 0 radical (unpaired) electrons. The van der Waals surface area contributed by atoms with Gasteiger partial charge >= 0.3 is 0 Å². The monoisotopic (exact) mass is 406 g/mol. The van der Waals surface area contributed by atoms with Crippen molar-refractivity contribution in [2.24, 2.45) is 0 Å². The standard InChI is InChI=1S/C27H54N2/c1-4-7-10-13-15-16-19-22-27-28(23-20-17-12-9-6-3)25-26-29(27)24-21-18-14-11-8-5-2/h25-27H,4-24H2,1-3H3. The highest BCUT2D eigenvalue weighted by molar-refractivity contribution is 4.97. The molecule has 0 amide bonds. The maximum Gasteiger partial charge on any atom is 0.101 e. The Morgan fingerprint density at radius 1 is 0.448 bits per heavy atom. The highest BCUT2D eigenvalue weighted by Gasteiger charge is 2.24. The van der Waals surface area contributed by atoms with Crippen LogP contribution in [0.4, 0.5) is 0 Å². The van der Waals surface area contributed by atoms with Crippen LogP contribution in [-0.2, 0) is 0 Å². The van der Waals surface area contributed by atoms with E-state index in [1.165, 1.54) is 135 Å². The predicted molar refractivity (Wildman–Crippen MR) is 131 cm³/mol. The van der Waals surface area contributed by atoms with Gasteiger partial charge in [0.25, 0.3) is 0 Å². The summed E-state index contributed by atoms with van der Waals surface area (Å²) in [6.07, 6.45) is 32.1. The van der Waals surface area contributed by atoms with Crippen LogP contribution in [0.2, 0.25) is 0 Å². The van der Waals surface area contributed by atoms with Crippen LogP contribution >= 0.6 is 0 Å². The molecular formula is C27H54N2. The van der Waals surface area contributed by atoms with Crippen LogP contribution in [0.25, 0.3) is 0 Å². The van der Waals surface area contributed by atoms with E-state index < -0.39 is 0 Å². The molecule has 0 aliphatic carbocycles. The lowest BCUT2D eigenvalue weighted by Crippen LogP contribution is -2.39. The maximum absolute atomic E-state index is 2.67. The third kappa shape index (κ3) is 13.3. The predicted octanol–water partition coefficient (Wildman–Crippen LogP) is 8.87. The van der Waals surface area contributed by atoms with Crippen molar-refractivity contribution in [1.82, 2.24) is 9.80 Å². The van der Waals surface area contributed by atoms with Gasteiger partial charge in [-0.2, -0.15) is 0 Å². The molecule has 1 aliphatic rings. The molecule has 0 bridgehead atoms. The van der Waals surface area contributed by atoms with Gasteiger partial charge < -0.3 is 9.80 Å². The second kappa shape index (κ2) is 19.3. The Morgan fingerprint density at radius 2 is 0.793 bits per heavy atom. The summed E-state index contributed by atoms with van der Waals surface area (Å²) in [5.41, 5.74) is 0. The van der Waals surface area contributed by atoms with Crippen molar-refractivity contribution in [2.75, 3.05) is 13.1 Å². The van der Waals surface area contributed by atoms with Crippen LogP contribution < -0.4 is 0 Å². The quantitative estimate of drug-likeness (QED) is 0.176. The third-order valence-corrected chi connectivity index (χ3v) is 6.57.